The van der Waals surface area contributed by atoms with Gasteiger partial charge in [0.1, 0.15) is 6.04 Å². The molecule has 0 aliphatic carbocycles. The second kappa shape index (κ2) is 6.76. The zero-order valence-electron chi connectivity index (χ0n) is 11.0. The summed E-state index contributed by atoms with van der Waals surface area (Å²) in [6.07, 6.45) is -0.00773. The number of phenols is 2. The molecule has 0 aliphatic heterocycles. The molecule has 1 unspecified atom stereocenters. The number of carbonyl (C=O) groups excluding carboxylic acids is 1. The van der Waals surface area contributed by atoms with Crippen LogP contribution in [0.15, 0.2) is 18.2 Å². The van der Waals surface area contributed by atoms with Gasteiger partial charge in [0, 0.05) is 18.9 Å². The van der Waals surface area contributed by atoms with Crippen LogP contribution in [-0.2, 0) is 16.0 Å². The average molecular weight is 282 g/mol. The Kier molecular flexibility index (Phi) is 5.33. The van der Waals surface area contributed by atoms with Crippen molar-refractivity contribution in [1.29, 1.82) is 0 Å². The maximum Gasteiger partial charge on any atom is 0.326 e. The maximum absolute atomic E-state index is 11.7. The number of rotatable bonds is 6. The SMILES string of the molecule is CC(CN)C(=O)N[C@@H](Cc1ccc(O)c(O)c1)C(=O)O. The molecule has 1 aromatic rings. The van der Waals surface area contributed by atoms with Crippen LogP contribution >= 0.6 is 0 Å². The lowest BCUT2D eigenvalue weighted by Crippen LogP contribution is -2.45. The molecule has 0 saturated carbocycles. The molecule has 20 heavy (non-hydrogen) atoms. The minimum atomic E-state index is -1.19. The quantitative estimate of drug-likeness (QED) is 0.459. The highest BCUT2D eigenvalue weighted by Gasteiger charge is 2.23. The Hall–Kier alpha value is -2.28. The molecule has 6 N–H and O–H groups in total. The fourth-order valence-electron chi connectivity index (χ4n) is 1.55. The molecular formula is C13H18N2O5. The predicted molar refractivity (Wildman–Crippen MR) is 71.3 cm³/mol. The van der Waals surface area contributed by atoms with E-state index in [-0.39, 0.29) is 24.5 Å². The molecule has 1 amide bonds. The van der Waals surface area contributed by atoms with Gasteiger partial charge in [-0.15, -0.1) is 0 Å². The highest BCUT2D eigenvalue weighted by Crippen LogP contribution is 2.25. The van der Waals surface area contributed by atoms with E-state index in [4.69, 9.17) is 10.8 Å². The van der Waals surface area contributed by atoms with Crippen molar-refractivity contribution in [3.8, 4) is 11.5 Å². The van der Waals surface area contributed by atoms with Crippen LogP contribution in [0.3, 0.4) is 0 Å². The summed E-state index contributed by atoms with van der Waals surface area (Å²) >= 11 is 0. The van der Waals surface area contributed by atoms with E-state index in [1.807, 2.05) is 0 Å². The van der Waals surface area contributed by atoms with Gasteiger partial charge in [0.15, 0.2) is 11.5 Å². The summed E-state index contributed by atoms with van der Waals surface area (Å²) in [4.78, 5) is 22.8. The molecule has 1 aromatic carbocycles. The molecule has 0 heterocycles. The van der Waals surface area contributed by atoms with E-state index in [0.717, 1.165) is 0 Å². The van der Waals surface area contributed by atoms with Crippen LogP contribution in [0.2, 0.25) is 0 Å². The monoisotopic (exact) mass is 282 g/mol. The van der Waals surface area contributed by atoms with Crippen LogP contribution < -0.4 is 11.1 Å². The number of carbonyl (C=O) groups is 2. The highest BCUT2D eigenvalue weighted by atomic mass is 16.4. The Balaban J connectivity index is 2.79. The molecule has 0 fully saturated rings. The second-order valence-electron chi connectivity index (χ2n) is 4.56. The number of nitrogens with two attached hydrogens (primary N) is 1. The van der Waals surface area contributed by atoms with Crippen molar-refractivity contribution in [2.45, 2.75) is 19.4 Å². The minimum absolute atomic E-state index is 0.00773. The molecule has 0 bridgehead atoms. The molecule has 7 nitrogen and oxygen atoms in total. The number of benzene rings is 1. The summed E-state index contributed by atoms with van der Waals surface area (Å²) in [6.45, 7) is 1.72. The summed E-state index contributed by atoms with van der Waals surface area (Å²) in [5, 5.41) is 30.0. The number of hydrogen-bond acceptors (Lipinski definition) is 5. The largest absolute Gasteiger partial charge is 0.504 e. The summed E-state index contributed by atoms with van der Waals surface area (Å²) in [7, 11) is 0. The number of aliphatic carboxylic acids is 1. The molecular weight excluding hydrogens is 264 g/mol. The smallest absolute Gasteiger partial charge is 0.326 e. The van der Waals surface area contributed by atoms with E-state index in [2.05, 4.69) is 5.32 Å². The summed E-state index contributed by atoms with van der Waals surface area (Å²) in [6, 6.07) is 2.86. The van der Waals surface area contributed by atoms with Gasteiger partial charge in [-0.1, -0.05) is 13.0 Å². The van der Waals surface area contributed by atoms with E-state index >= 15 is 0 Å². The molecule has 0 aromatic heterocycles. The van der Waals surface area contributed by atoms with Crippen LogP contribution in [-0.4, -0.2) is 39.8 Å². The normalized spacial score (nSPS) is 13.5. The van der Waals surface area contributed by atoms with Gasteiger partial charge in [0.25, 0.3) is 0 Å². The molecule has 0 radical (unpaired) electrons. The molecule has 0 aliphatic rings. The van der Waals surface area contributed by atoms with Gasteiger partial charge in [0.05, 0.1) is 0 Å². The maximum atomic E-state index is 11.7. The third-order valence-corrected chi connectivity index (χ3v) is 2.90. The zero-order valence-corrected chi connectivity index (χ0v) is 11.0. The number of aromatic hydroxyl groups is 2. The molecule has 1 rings (SSSR count). The zero-order chi connectivity index (χ0) is 15.3. The average Bonchev–Trinajstić information content (AvgIpc) is 2.40. The third-order valence-electron chi connectivity index (χ3n) is 2.90. The Morgan fingerprint density at radius 3 is 2.45 bits per heavy atom. The molecule has 2 atom stereocenters. The Bertz CT molecular complexity index is 504. The van der Waals surface area contributed by atoms with E-state index < -0.39 is 23.8 Å². The highest BCUT2D eigenvalue weighted by molar-refractivity contribution is 5.85. The topological polar surface area (TPSA) is 133 Å². The van der Waals surface area contributed by atoms with E-state index in [0.29, 0.717) is 5.56 Å². The minimum Gasteiger partial charge on any atom is -0.504 e. The standard InChI is InChI=1S/C13H18N2O5/c1-7(6-14)12(18)15-9(13(19)20)4-8-2-3-10(16)11(17)5-8/h2-3,5,7,9,16-17H,4,6,14H2,1H3,(H,15,18)(H,19,20)/t7?,9-/m0/s1. The van der Waals surface area contributed by atoms with Crippen molar-refractivity contribution in [2.75, 3.05) is 6.54 Å². The number of phenolic OH excluding ortho intramolecular Hbond substituents is 2. The van der Waals surface area contributed by atoms with Crippen LogP contribution in [0.1, 0.15) is 12.5 Å². The third kappa shape index (κ3) is 4.13. The fourth-order valence-corrected chi connectivity index (χ4v) is 1.55. The van der Waals surface area contributed by atoms with Gasteiger partial charge in [-0.2, -0.15) is 0 Å². The predicted octanol–water partition coefficient (Wildman–Crippen LogP) is -0.195. The van der Waals surface area contributed by atoms with Gasteiger partial charge in [-0.25, -0.2) is 4.79 Å². The van der Waals surface area contributed by atoms with Crippen molar-refractivity contribution in [1.82, 2.24) is 5.32 Å². The van der Waals surface area contributed by atoms with Gasteiger partial charge < -0.3 is 26.4 Å². The summed E-state index contributed by atoms with van der Waals surface area (Å²) in [5.41, 5.74) is 5.82. The van der Waals surface area contributed by atoms with Gasteiger partial charge >= 0.3 is 5.97 Å². The summed E-state index contributed by atoms with van der Waals surface area (Å²) in [5.74, 6) is -2.74. The number of hydrogen-bond donors (Lipinski definition) is 5. The van der Waals surface area contributed by atoms with Gasteiger partial charge in [-0.05, 0) is 17.7 Å². The van der Waals surface area contributed by atoms with Crippen molar-refractivity contribution in [3.05, 3.63) is 23.8 Å². The molecule has 7 heteroatoms. The van der Waals surface area contributed by atoms with Crippen LogP contribution in [0.25, 0.3) is 0 Å². The summed E-state index contributed by atoms with van der Waals surface area (Å²) < 4.78 is 0. The Morgan fingerprint density at radius 1 is 1.30 bits per heavy atom. The van der Waals surface area contributed by atoms with Crippen LogP contribution in [0.4, 0.5) is 0 Å². The second-order valence-corrected chi connectivity index (χ2v) is 4.56. The van der Waals surface area contributed by atoms with E-state index in [1.54, 1.807) is 6.92 Å². The number of amides is 1. The first-order chi connectivity index (χ1) is 9.35. The lowest BCUT2D eigenvalue weighted by atomic mass is 10.0. The van der Waals surface area contributed by atoms with Gasteiger partial charge in [-0.3, -0.25) is 4.79 Å². The molecule has 0 saturated heterocycles. The van der Waals surface area contributed by atoms with Crippen molar-refractivity contribution < 1.29 is 24.9 Å². The Labute approximate surface area is 116 Å². The Morgan fingerprint density at radius 2 is 1.95 bits per heavy atom. The van der Waals surface area contributed by atoms with Gasteiger partial charge in [0.2, 0.25) is 5.91 Å². The fraction of sp³-hybridized carbons (Fsp3) is 0.385. The van der Waals surface area contributed by atoms with E-state index in [1.165, 1.54) is 18.2 Å². The number of nitrogens with one attached hydrogen (secondary N) is 1. The molecule has 0 spiro atoms. The van der Waals surface area contributed by atoms with Crippen LogP contribution in [0, 0.1) is 5.92 Å². The first kappa shape index (κ1) is 15.8. The first-order valence-electron chi connectivity index (χ1n) is 6.09. The van der Waals surface area contributed by atoms with Crippen LogP contribution in [0.5, 0.6) is 11.5 Å². The van der Waals surface area contributed by atoms with Crippen molar-refractivity contribution in [2.24, 2.45) is 11.7 Å². The van der Waals surface area contributed by atoms with Crippen molar-refractivity contribution in [3.63, 3.8) is 0 Å². The first-order valence-corrected chi connectivity index (χ1v) is 6.09. The lowest BCUT2D eigenvalue weighted by Gasteiger charge is -2.17. The van der Waals surface area contributed by atoms with E-state index in [9.17, 15) is 19.8 Å². The van der Waals surface area contributed by atoms with Crippen molar-refractivity contribution >= 4 is 11.9 Å². The lowest BCUT2D eigenvalue weighted by molar-refractivity contribution is -0.142. The molecule has 110 valence electrons. The number of carboxylic acids is 1. The number of carboxylic acid groups (broad SMARTS) is 1.